The summed E-state index contributed by atoms with van der Waals surface area (Å²) in [5.74, 6) is 3.17. The maximum absolute atomic E-state index is 2.48. The van der Waals surface area contributed by atoms with Gasteiger partial charge in [-0.05, 0) is 48.9 Å². The van der Waals surface area contributed by atoms with Gasteiger partial charge in [-0.25, -0.2) is 0 Å². The Bertz CT molecular complexity index is 196. The van der Waals surface area contributed by atoms with Gasteiger partial charge >= 0.3 is 0 Å². The minimum Gasteiger partial charge on any atom is -0.0625 e. The van der Waals surface area contributed by atoms with Crippen LogP contribution in [0.4, 0.5) is 0 Å². The molecule has 0 N–H and O–H groups in total. The van der Waals surface area contributed by atoms with Crippen LogP contribution in [0.1, 0.15) is 72.1 Å². The SMILES string of the molecule is CC1CCC(C2CCCC(C)(C)C2)CC1. The summed E-state index contributed by atoms with van der Waals surface area (Å²) < 4.78 is 0. The van der Waals surface area contributed by atoms with Crippen molar-refractivity contribution in [1.29, 1.82) is 0 Å². The molecule has 0 radical (unpaired) electrons. The second-order valence-electron chi connectivity index (χ2n) is 7.04. The molecule has 0 heterocycles. The van der Waals surface area contributed by atoms with Gasteiger partial charge in [-0.1, -0.05) is 46.5 Å². The van der Waals surface area contributed by atoms with Crippen LogP contribution in [0, 0.1) is 23.2 Å². The second kappa shape index (κ2) is 4.47. The van der Waals surface area contributed by atoms with E-state index in [1.165, 1.54) is 51.4 Å². The molecule has 0 heteroatoms. The third-order valence-corrected chi connectivity index (χ3v) is 4.97. The van der Waals surface area contributed by atoms with E-state index in [-0.39, 0.29) is 0 Å². The smallest absolute Gasteiger partial charge is 0.0351 e. The maximum atomic E-state index is 2.48. The van der Waals surface area contributed by atoms with Gasteiger partial charge in [0.15, 0.2) is 0 Å². The molecule has 2 rings (SSSR count). The molecule has 2 saturated carbocycles. The molecule has 2 fully saturated rings. The van der Waals surface area contributed by atoms with E-state index in [1.807, 2.05) is 0 Å². The van der Waals surface area contributed by atoms with Crippen LogP contribution in [-0.2, 0) is 0 Å². The van der Waals surface area contributed by atoms with Crippen molar-refractivity contribution in [3.05, 3.63) is 0 Å². The standard InChI is InChI=1S/C15H28/c1-12-6-8-13(9-7-12)14-5-4-10-15(2,3)11-14/h12-14H,4-11H2,1-3H3. The van der Waals surface area contributed by atoms with Crippen LogP contribution in [0.15, 0.2) is 0 Å². The minimum atomic E-state index is 0.645. The third kappa shape index (κ3) is 2.98. The Balaban J connectivity index is 1.88. The number of hydrogen-bond donors (Lipinski definition) is 0. The van der Waals surface area contributed by atoms with E-state index >= 15 is 0 Å². The maximum Gasteiger partial charge on any atom is -0.0351 e. The van der Waals surface area contributed by atoms with Gasteiger partial charge in [0.05, 0.1) is 0 Å². The molecular weight excluding hydrogens is 180 g/mol. The number of hydrogen-bond acceptors (Lipinski definition) is 0. The van der Waals surface area contributed by atoms with E-state index in [9.17, 15) is 0 Å². The van der Waals surface area contributed by atoms with Crippen LogP contribution in [0.3, 0.4) is 0 Å². The predicted octanol–water partition coefficient (Wildman–Crippen LogP) is 5.03. The van der Waals surface area contributed by atoms with Crippen molar-refractivity contribution in [2.24, 2.45) is 23.2 Å². The summed E-state index contributed by atoms with van der Waals surface area (Å²) in [5.41, 5.74) is 0.645. The first-order chi connectivity index (χ1) is 7.07. The average molecular weight is 208 g/mol. The molecule has 0 aromatic heterocycles. The van der Waals surface area contributed by atoms with Gasteiger partial charge in [0.1, 0.15) is 0 Å². The highest BCUT2D eigenvalue weighted by Crippen LogP contribution is 2.45. The van der Waals surface area contributed by atoms with E-state index in [0.717, 1.165) is 17.8 Å². The molecule has 0 aromatic rings. The van der Waals surface area contributed by atoms with E-state index < -0.39 is 0 Å². The van der Waals surface area contributed by atoms with E-state index in [2.05, 4.69) is 20.8 Å². The van der Waals surface area contributed by atoms with Crippen LogP contribution >= 0.6 is 0 Å². The lowest BCUT2D eigenvalue weighted by molar-refractivity contribution is 0.104. The van der Waals surface area contributed by atoms with Gasteiger partial charge in [-0.2, -0.15) is 0 Å². The molecule has 0 aromatic carbocycles. The van der Waals surface area contributed by atoms with Crippen molar-refractivity contribution in [3.63, 3.8) is 0 Å². The summed E-state index contributed by atoms with van der Waals surface area (Å²) in [6.07, 6.45) is 12.1. The summed E-state index contributed by atoms with van der Waals surface area (Å²) >= 11 is 0. The molecule has 0 spiro atoms. The molecule has 1 atom stereocenters. The molecule has 0 bridgehead atoms. The molecular formula is C15H28. The first-order valence-corrected chi connectivity index (χ1v) is 7.07. The van der Waals surface area contributed by atoms with Crippen molar-refractivity contribution in [3.8, 4) is 0 Å². The molecule has 0 amide bonds. The Morgan fingerprint density at radius 3 is 2.13 bits per heavy atom. The summed E-state index contributed by atoms with van der Waals surface area (Å²) in [4.78, 5) is 0. The molecule has 0 saturated heterocycles. The molecule has 2 aliphatic carbocycles. The fourth-order valence-corrected chi connectivity index (χ4v) is 3.92. The summed E-state index contributed by atoms with van der Waals surface area (Å²) in [6, 6.07) is 0. The molecule has 0 aliphatic heterocycles. The van der Waals surface area contributed by atoms with Gasteiger partial charge in [-0.15, -0.1) is 0 Å². The zero-order valence-corrected chi connectivity index (χ0v) is 10.9. The first kappa shape index (κ1) is 11.5. The Labute approximate surface area is 95.8 Å². The summed E-state index contributed by atoms with van der Waals surface area (Å²) in [7, 11) is 0. The summed E-state index contributed by atoms with van der Waals surface area (Å²) in [5, 5.41) is 0. The van der Waals surface area contributed by atoms with E-state index in [4.69, 9.17) is 0 Å². The van der Waals surface area contributed by atoms with Crippen molar-refractivity contribution >= 4 is 0 Å². The largest absolute Gasteiger partial charge is 0.0625 e. The number of rotatable bonds is 1. The molecule has 15 heavy (non-hydrogen) atoms. The minimum absolute atomic E-state index is 0.645. The van der Waals surface area contributed by atoms with E-state index in [1.54, 1.807) is 0 Å². The van der Waals surface area contributed by atoms with Crippen LogP contribution in [-0.4, -0.2) is 0 Å². The molecule has 1 unspecified atom stereocenters. The van der Waals surface area contributed by atoms with Crippen molar-refractivity contribution in [2.45, 2.75) is 72.1 Å². The highest BCUT2D eigenvalue weighted by Gasteiger charge is 2.33. The molecule has 88 valence electrons. The monoisotopic (exact) mass is 208 g/mol. The lowest BCUT2D eigenvalue weighted by Crippen LogP contribution is -2.29. The summed E-state index contributed by atoms with van der Waals surface area (Å²) in [6.45, 7) is 7.39. The Morgan fingerprint density at radius 1 is 0.867 bits per heavy atom. The highest BCUT2D eigenvalue weighted by molar-refractivity contribution is 4.85. The third-order valence-electron chi connectivity index (χ3n) is 4.97. The van der Waals surface area contributed by atoms with E-state index in [0.29, 0.717) is 5.41 Å². The van der Waals surface area contributed by atoms with Crippen LogP contribution in [0.25, 0.3) is 0 Å². The zero-order valence-electron chi connectivity index (χ0n) is 10.9. The van der Waals surface area contributed by atoms with Crippen molar-refractivity contribution in [1.82, 2.24) is 0 Å². The lowest BCUT2D eigenvalue weighted by Gasteiger charge is -2.41. The van der Waals surface area contributed by atoms with Gasteiger partial charge in [-0.3, -0.25) is 0 Å². The fraction of sp³-hybridized carbons (Fsp3) is 1.00. The zero-order chi connectivity index (χ0) is 10.9. The Morgan fingerprint density at radius 2 is 1.53 bits per heavy atom. The lowest BCUT2D eigenvalue weighted by atomic mass is 9.65. The Kier molecular flexibility index (Phi) is 3.42. The van der Waals surface area contributed by atoms with Gasteiger partial charge in [0.25, 0.3) is 0 Å². The molecule has 0 nitrogen and oxygen atoms in total. The van der Waals surface area contributed by atoms with Crippen molar-refractivity contribution < 1.29 is 0 Å². The highest BCUT2D eigenvalue weighted by atomic mass is 14.4. The van der Waals surface area contributed by atoms with Crippen LogP contribution in [0.5, 0.6) is 0 Å². The Hall–Kier alpha value is 0. The second-order valence-corrected chi connectivity index (χ2v) is 7.04. The quantitative estimate of drug-likeness (QED) is 0.567. The normalized spacial score (nSPS) is 41.4. The molecule has 2 aliphatic rings. The average Bonchev–Trinajstić information content (AvgIpc) is 2.17. The fourth-order valence-electron chi connectivity index (χ4n) is 3.92. The van der Waals surface area contributed by atoms with Gasteiger partial charge in [0, 0.05) is 0 Å². The van der Waals surface area contributed by atoms with Gasteiger partial charge < -0.3 is 0 Å². The van der Waals surface area contributed by atoms with Crippen LogP contribution in [0.2, 0.25) is 0 Å². The van der Waals surface area contributed by atoms with Crippen LogP contribution < -0.4 is 0 Å². The predicted molar refractivity (Wildman–Crippen MR) is 66.9 cm³/mol. The van der Waals surface area contributed by atoms with Crippen molar-refractivity contribution in [2.75, 3.05) is 0 Å². The topological polar surface area (TPSA) is 0 Å². The van der Waals surface area contributed by atoms with Gasteiger partial charge in [0.2, 0.25) is 0 Å². The first-order valence-electron chi connectivity index (χ1n) is 7.07.